The highest BCUT2D eigenvalue weighted by atomic mass is 16.5. The lowest BCUT2D eigenvalue weighted by Crippen LogP contribution is -2.46. The number of ether oxygens (including phenoxy) is 2. The molecule has 0 spiro atoms. The Hall–Kier alpha value is -2.50. The molecule has 1 unspecified atom stereocenters. The molecular weight excluding hydrogens is 332 g/mol. The summed E-state index contributed by atoms with van der Waals surface area (Å²) in [6, 6.07) is 6.54. The van der Waals surface area contributed by atoms with Crippen molar-refractivity contribution in [3.05, 3.63) is 41.1 Å². The Morgan fingerprint density at radius 1 is 1.23 bits per heavy atom. The number of rotatable bonds is 8. The predicted molar refractivity (Wildman–Crippen MR) is 99.8 cm³/mol. The second kappa shape index (κ2) is 9.27. The van der Waals surface area contributed by atoms with Gasteiger partial charge >= 0.3 is 12.0 Å². The second-order valence-electron chi connectivity index (χ2n) is 6.64. The molecule has 2 amide bonds. The van der Waals surface area contributed by atoms with Crippen LogP contribution < -0.4 is 15.4 Å². The number of hydrogen-bond acceptors (Lipinski definition) is 4. The van der Waals surface area contributed by atoms with E-state index in [-0.39, 0.29) is 12.6 Å². The summed E-state index contributed by atoms with van der Waals surface area (Å²) >= 11 is 0. The summed E-state index contributed by atoms with van der Waals surface area (Å²) < 4.78 is 11.2. The van der Waals surface area contributed by atoms with Crippen LogP contribution in [0.15, 0.2) is 35.5 Å². The van der Waals surface area contributed by atoms with Gasteiger partial charge in [0.2, 0.25) is 0 Å². The zero-order chi connectivity index (χ0) is 19.1. The molecule has 1 heterocycles. The molecule has 2 N–H and O–H groups in total. The summed E-state index contributed by atoms with van der Waals surface area (Å²) in [7, 11) is 0. The van der Waals surface area contributed by atoms with Gasteiger partial charge in [-0.2, -0.15) is 0 Å². The first-order valence-electron chi connectivity index (χ1n) is 9.17. The molecule has 0 aromatic heterocycles. The van der Waals surface area contributed by atoms with Crippen molar-refractivity contribution in [3.63, 3.8) is 0 Å². The Morgan fingerprint density at radius 3 is 2.62 bits per heavy atom. The van der Waals surface area contributed by atoms with Gasteiger partial charge in [0.05, 0.1) is 24.8 Å². The number of benzene rings is 1. The van der Waals surface area contributed by atoms with Crippen molar-refractivity contribution >= 4 is 12.0 Å². The van der Waals surface area contributed by atoms with Crippen LogP contribution in [-0.2, 0) is 9.53 Å². The van der Waals surface area contributed by atoms with E-state index in [0.717, 1.165) is 12.0 Å². The first kappa shape index (κ1) is 19.8. The first-order valence-corrected chi connectivity index (χ1v) is 9.17. The Morgan fingerprint density at radius 2 is 1.96 bits per heavy atom. The summed E-state index contributed by atoms with van der Waals surface area (Å²) in [4.78, 5) is 24.8. The third-order valence-corrected chi connectivity index (χ3v) is 3.95. The number of carbonyl (C=O) groups excluding carboxylic acids is 2. The minimum absolute atomic E-state index is 0.272. The van der Waals surface area contributed by atoms with Crippen molar-refractivity contribution in [2.24, 2.45) is 5.92 Å². The van der Waals surface area contributed by atoms with Gasteiger partial charge in [-0.3, -0.25) is 0 Å². The zero-order valence-electron chi connectivity index (χ0n) is 15.9. The van der Waals surface area contributed by atoms with Crippen molar-refractivity contribution in [1.29, 1.82) is 0 Å². The topological polar surface area (TPSA) is 76.7 Å². The number of para-hydroxylation sites is 1. The second-order valence-corrected chi connectivity index (χ2v) is 6.64. The summed E-state index contributed by atoms with van der Waals surface area (Å²) in [6.45, 7) is 8.72. The maximum Gasteiger partial charge on any atom is 0.338 e. The fraction of sp³-hybridized carbons (Fsp3) is 0.500. The van der Waals surface area contributed by atoms with Crippen LogP contribution in [0, 0.1) is 5.92 Å². The molecule has 6 nitrogen and oxygen atoms in total. The Bertz CT molecular complexity index is 682. The summed E-state index contributed by atoms with van der Waals surface area (Å²) in [6.07, 6.45) is 1.39. The molecule has 142 valence electrons. The molecule has 0 fully saturated rings. The van der Waals surface area contributed by atoms with E-state index in [0.29, 0.717) is 36.0 Å². The van der Waals surface area contributed by atoms with Gasteiger partial charge in [-0.05, 0) is 25.3 Å². The van der Waals surface area contributed by atoms with Crippen molar-refractivity contribution in [2.45, 2.75) is 46.6 Å². The average molecular weight is 360 g/mol. The number of nitrogens with one attached hydrogen (secondary N) is 2. The zero-order valence-corrected chi connectivity index (χ0v) is 15.9. The Balaban J connectivity index is 2.48. The van der Waals surface area contributed by atoms with Gasteiger partial charge in [0.15, 0.2) is 0 Å². The van der Waals surface area contributed by atoms with Gasteiger partial charge in [0.25, 0.3) is 0 Å². The van der Waals surface area contributed by atoms with E-state index in [2.05, 4.69) is 24.5 Å². The molecule has 0 radical (unpaired) electrons. The highest BCUT2D eigenvalue weighted by Crippen LogP contribution is 2.34. The molecule has 1 atom stereocenters. The van der Waals surface area contributed by atoms with Crippen molar-refractivity contribution in [3.8, 4) is 5.75 Å². The summed E-state index contributed by atoms with van der Waals surface area (Å²) in [5.41, 5.74) is 1.80. The molecule has 0 saturated carbocycles. The molecule has 1 aliphatic rings. The maximum atomic E-state index is 12.6. The van der Waals surface area contributed by atoms with Crippen molar-refractivity contribution in [1.82, 2.24) is 10.6 Å². The maximum absolute atomic E-state index is 12.6. The molecule has 0 aliphatic carbocycles. The molecule has 26 heavy (non-hydrogen) atoms. The van der Waals surface area contributed by atoms with Crippen LogP contribution in [0.1, 0.15) is 52.1 Å². The smallest absolute Gasteiger partial charge is 0.338 e. The molecule has 2 rings (SSSR count). The lowest BCUT2D eigenvalue weighted by Gasteiger charge is -2.30. The van der Waals surface area contributed by atoms with Crippen molar-refractivity contribution < 1.29 is 19.1 Å². The van der Waals surface area contributed by atoms with Crippen LogP contribution in [-0.4, -0.2) is 25.2 Å². The molecule has 0 saturated heterocycles. The molecule has 6 heteroatoms. The summed E-state index contributed by atoms with van der Waals surface area (Å²) in [5, 5.41) is 5.61. The van der Waals surface area contributed by atoms with E-state index < -0.39 is 12.0 Å². The van der Waals surface area contributed by atoms with Gasteiger partial charge in [0, 0.05) is 11.3 Å². The normalized spacial score (nSPS) is 17.0. The molecule has 1 aromatic rings. The lowest BCUT2D eigenvalue weighted by molar-refractivity contribution is -0.139. The number of esters is 1. The van der Waals surface area contributed by atoms with Gasteiger partial charge in [-0.25, -0.2) is 9.59 Å². The third-order valence-electron chi connectivity index (χ3n) is 3.95. The predicted octanol–water partition coefficient (Wildman–Crippen LogP) is 3.69. The number of carbonyl (C=O) groups is 2. The fourth-order valence-corrected chi connectivity index (χ4v) is 2.86. The van der Waals surface area contributed by atoms with E-state index in [1.165, 1.54) is 0 Å². The van der Waals surface area contributed by atoms with E-state index in [1.54, 1.807) is 6.92 Å². The monoisotopic (exact) mass is 360 g/mol. The van der Waals surface area contributed by atoms with Crippen LogP contribution >= 0.6 is 0 Å². The minimum atomic E-state index is -0.604. The van der Waals surface area contributed by atoms with Crippen LogP contribution in [0.5, 0.6) is 5.75 Å². The number of amides is 2. The van der Waals surface area contributed by atoms with Gasteiger partial charge in [-0.1, -0.05) is 45.4 Å². The number of allylic oxidation sites excluding steroid dienone is 1. The van der Waals surface area contributed by atoms with Crippen LogP contribution in [0.3, 0.4) is 0 Å². The van der Waals surface area contributed by atoms with E-state index in [4.69, 9.17) is 9.47 Å². The molecule has 1 aromatic carbocycles. The van der Waals surface area contributed by atoms with E-state index >= 15 is 0 Å². The third kappa shape index (κ3) is 4.77. The van der Waals surface area contributed by atoms with Crippen LogP contribution in [0.2, 0.25) is 0 Å². The molecular formula is C20H28N2O4. The lowest BCUT2D eigenvalue weighted by atomic mass is 9.93. The van der Waals surface area contributed by atoms with Gasteiger partial charge in [-0.15, -0.1) is 0 Å². The Kier molecular flexibility index (Phi) is 7.06. The fourth-order valence-electron chi connectivity index (χ4n) is 2.86. The van der Waals surface area contributed by atoms with Gasteiger partial charge in [0.1, 0.15) is 5.75 Å². The first-order chi connectivity index (χ1) is 12.5. The number of hydrogen-bond donors (Lipinski definition) is 2. The minimum Gasteiger partial charge on any atom is -0.493 e. The Labute approximate surface area is 154 Å². The average Bonchev–Trinajstić information content (AvgIpc) is 2.60. The van der Waals surface area contributed by atoms with E-state index in [9.17, 15) is 9.59 Å². The highest BCUT2D eigenvalue weighted by Gasteiger charge is 2.34. The largest absolute Gasteiger partial charge is 0.493 e. The standard InChI is InChI=1S/C20H28N2O4/c1-5-9-15-17(19(23)25-6-2)18(22-20(24)21-15)14-10-7-8-11-16(14)26-12-13(3)4/h7-8,10-11,13,18H,5-6,9,12H2,1-4H3,(H2,21,22,24). The SMILES string of the molecule is CCCC1=C(C(=O)OCC)C(c2ccccc2OCC(C)C)NC(=O)N1. The van der Waals surface area contributed by atoms with Gasteiger partial charge < -0.3 is 20.1 Å². The van der Waals surface area contributed by atoms with Crippen LogP contribution in [0.4, 0.5) is 4.79 Å². The number of urea groups is 1. The van der Waals surface area contributed by atoms with E-state index in [1.807, 2.05) is 31.2 Å². The highest BCUT2D eigenvalue weighted by molar-refractivity contribution is 5.95. The quantitative estimate of drug-likeness (QED) is 0.693. The van der Waals surface area contributed by atoms with Crippen molar-refractivity contribution in [2.75, 3.05) is 13.2 Å². The molecule has 0 bridgehead atoms. The van der Waals surface area contributed by atoms with Crippen LogP contribution in [0.25, 0.3) is 0 Å². The molecule has 1 aliphatic heterocycles. The summed E-state index contributed by atoms with van der Waals surface area (Å²) in [5.74, 6) is 0.597.